The van der Waals surface area contributed by atoms with Crippen LogP contribution in [0.4, 0.5) is 0 Å². The summed E-state index contributed by atoms with van der Waals surface area (Å²) < 4.78 is 28.4. The number of unbranched alkanes of at least 4 members (excludes halogenated alkanes) is 30. The molecule has 0 amide bonds. The molecule has 1 heterocycles. The fraction of sp³-hybridized carbons (Fsp3) is 0.810. The lowest BCUT2D eigenvalue weighted by Gasteiger charge is -2.40. The summed E-state index contributed by atoms with van der Waals surface area (Å²) in [5.74, 6) is -3.13. The van der Waals surface area contributed by atoms with Crippen molar-refractivity contribution in [3.63, 3.8) is 0 Å². The number of hydrogen-bond acceptors (Lipinski definition) is 11. The Hall–Kier alpha value is -3.32. The van der Waals surface area contributed by atoms with Crippen molar-refractivity contribution < 1.29 is 58.2 Å². The molecule has 6 atom stereocenters. The van der Waals surface area contributed by atoms with Crippen molar-refractivity contribution in [2.75, 3.05) is 13.2 Å². The molecule has 0 aromatic heterocycles. The number of aliphatic hydroxyl groups is 2. The van der Waals surface area contributed by atoms with Gasteiger partial charge in [0.25, 0.3) is 0 Å². The largest absolute Gasteiger partial charge is 0.479 e. The molecule has 0 bridgehead atoms. The Morgan fingerprint density at radius 1 is 0.440 bits per heavy atom. The number of aliphatic carboxylic acids is 1. The molecule has 1 aliphatic rings. The first-order chi connectivity index (χ1) is 36.6. The Kier molecular flexibility index (Phi) is 47.8. The number of carboxylic acid groups (broad SMARTS) is 1. The van der Waals surface area contributed by atoms with Gasteiger partial charge in [-0.1, -0.05) is 204 Å². The van der Waals surface area contributed by atoms with E-state index in [0.29, 0.717) is 19.3 Å². The second-order valence-electron chi connectivity index (χ2n) is 21.0. The summed E-state index contributed by atoms with van der Waals surface area (Å²) in [7, 11) is 0. The maximum Gasteiger partial charge on any atom is 0.335 e. The van der Waals surface area contributed by atoms with Crippen LogP contribution in [0.15, 0.2) is 48.6 Å². The van der Waals surface area contributed by atoms with Crippen LogP contribution in [0.2, 0.25) is 0 Å². The van der Waals surface area contributed by atoms with Gasteiger partial charge in [0.1, 0.15) is 18.8 Å². The van der Waals surface area contributed by atoms with E-state index >= 15 is 0 Å². The molecule has 12 heteroatoms. The summed E-state index contributed by atoms with van der Waals surface area (Å²) in [5.41, 5.74) is 0. The zero-order valence-electron chi connectivity index (χ0n) is 47.8. The van der Waals surface area contributed by atoms with E-state index in [-0.39, 0.29) is 25.9 Å². The van der Waals surface area contributed by atoms with E-state index in [2.05, 4.69) is 69.4 Å². The van der Waals surface area contributed by atoms with E-state index in [9.17, 15) is 34.5 Å². The average Bonchev–Trinajstić information content (AvgIpc) is 3.39. The molecule has 0 saturated carbocycles. The molecule has 1 aliphatic heterocycles. The Bertz CT molecular complexity index is 1490. The summed E-state index contributed by atoms with van der Waals surface area (Å²) in [4.78, 5) is 51.1. The first-order valence-corrected chi connectivity index (χ1v) is 30.6. The highest BCUT2D eigenvalue weighted by atomic mass is 16.7. The fourth-order valence-corrected chi connectivity index (χ4v) is 9.09. The molecule has 434 valence electrons. The van der Waals surface area contributed by atoms with Gasteiger partial charge in [0, 0.05) is 19.3 Å². The highest BCUT2D eigenvalue weighted by Gasteiger charge is 2.50. The molecule has 0 radical (unpaired) electrons. The van der Waals surface area contributed by atoms with Gasteiger partial charge in [-0.05, 0) is 103 Å². The third kappa shape index (κ3) is 41.5. The van der Waals surface area contributed by atoms with Gasteiger partial charge >= 0.3 is 23.9 Å². The second kappa shape index (κ2) is 51.4. The SMILES string of the molecule is CCCCC/C=C\C/C=C\CCCCCCCCCC(=O)OCC(COC1OC(C(=O)O)C(O)C(O)C1OC(=O)CCCCCCC/C=C\CCCCCC)OC(=O)CCCCCCC/C=C\CCCCCCCC. The Morgan fingerprint density at radius 2 is 0.800 bits per heavy atom. The average molecular weight is 1060 g/mol. The first kappa shape index (κ1) is 69.7. The van der Waals surface area contributed by atoms with E-state index in [4.69, 9.17) is 23.7 Å². The van der Waals surface area contributed by atoms with Crippen molar-refractivity contribution in [2.45, 2.75) is 314 Å². The van der Waals surface area contributed by atoms with Gasteiger partial charge in [0.2, 0.25) is 0 Å². The molecular formula is C63H110O12. The van der Waals surface area contributed by atoms with Gasteiger partial charge < -0.3 is 39.0 Å². The number of hydrogen-bond donors (Lipinski definition) is 3. The number of allylic oxidation sites excluding steroid dienone is 8. The lowest BCUT2D eigenvalue weighted by Crippen LogP contribution is -2.61. The van der Waals surface area contributed by atoms with Crippen LogP contribution in [0.1, 0.15) is 278 Å². The quantitative estimate of drug-likeness (QED) is 0.0228. The number of ether oxygens (including phenoxy) is 5. The van der Waals surface area contributed by atoms with E-state index < -0.39 is 67.3 Å². The molecule has 1 saturated heterocycles. The second-order valence-corrected chi connectivity index (χ2v) is 21.0. The number of rotatable bonds is 52. The topological polar surface area (TPSA) is 175 Å². The molecule has 6 unspecified atom stereocenters. The van der Waals surface area contributed by atoms with Crippen molar-refractivity contribution in [1.82, 2.24) is 0 Å². The van der Waals surface area contributed by atoms with Gasteiger partial charge in [-0.15, -0.1) is 0 Å². The van der Waals surface area contributed by atoms with Gasteiger partial charge in [0.05, 0.1) is 6.61 Å². The molecule has 0 aromatic rings. The number of carbonyl (C=O) groups is 4. The summed E-state index contributed by atoms with van der Waals surface area (Å²) in [6.07, 6.45) is 49.3. The molecular weight excluding hydrogens is 949 g/mol. The van der Waals surface area contributed by atoms with Crippen LogP contribution in [-0.2, 0) is 42.9 Å². The van der Waals surface area contributed by atoms with Crippen LogP contribution in [0.3, 0.4) is 0 Å². The molecule has 12 nitrogen and oxygen atoms in total. The third-order valence-electron chi connectivity index (χ3n) is 13.8. The Labute approximate surface area is 456 Å². The maximum absolute atomic E-state index is 13.2. The molecule has 1 fully saturated rings. The van der Waals surface area contributed by atoms with Crippen LogP contribution >= 0.6 is 0 Å². The Balaban J connectivity index is 2.69. The molecule has 0 aliphatic carbocycles. The van der Waals surface area contributed by atoms with E-state index in [0.717, 1.165) is 116 Å². The van der Waals surface area contributed by atoms with E-state index in [1.54, 1.807) is 0 Å². The predicted molar refractivity (Wildman–Crippen MR) is 303 cm³/mol. The summed E-state index contributed by atoms with van der Waals surface area (Å²) >= 11 is 0. The number of esters is 3. The lowest BCUT2D eigenvalue weighted by molar-refractivity contribution is -0.301. The van der Waals surface area contributed by atoms with Crippen LogP contribution in [-0.4, -0.2) is 89.2 Å². The highest BCUT2D eigenvalue weighted by molar-refractivity contribution is 5.74. The van der Waals surface area contributed by atoms with Gasteiger partial charge in [0.15, 0.2) is 24.6 Å². The van der Waals surface area contributed by atoms with Crippen LogP contribution in [0.25, 0.3) is 0 Å². The smallest absolute Gasteiger partial charge is 0.335 e. The monoisotopic (exact) mass is 1060 g/mol. The predicted octanol–water partition coefficient (Wildman–Crippen LogP) is 15.8. The summed E-state index contributed by atoms with van der Waals surface area (Å²) in [6, 6.07) is 0. The normalized spacial score (nSPS) is 18.4. The molecule has 3 N–H and O–H groups in total. The lowest BCUT2D eigenvalue weighted by atomic mass is 9.98. The maximum atomic E-state index is 13.2. The third-order valence-corrected chi connectivity index (χ3v) is 13.8. The van der Waals surface area contributed by atoms with Gasteiger partial charge in [-0.25, -0.2) is 4.79 Å². The standard InChI is InChI=1S/C63H110O12/c1-4-7-10-13-16-19-22-25-27-28-30-32-34-37-40-43-46-49-55(64)71-52-54(73-56(65)50-47-44-41-38-36-33-29-26-23-20-17-14-11-8-5-2)53-72-63-61(59(68)58(67)60(75-63)62(69)70)74-57(66)51-48-45-42-39-35-31-24-21-18-15-12-9-6-3/h16,19,21,24-27,29,54,58-61,63,67-68H,4-15,17-18,20,22-23,28,30-53H2,1-3H3,(H,69,70)/b19-16-,24-21-,27-25-,29-26-. The minimum atomic E-state index is -1.91. The molecule has 0 aromatic carbocycles. The first-order valence-electron chi connectivity index (χ1n) is 30.6. The zero-order valence-corrected chi connectivity index (χ0v) is 47.8. The summed E-state index contributed by atoms with van der Waals surface area (Å²) in [6.45, 7) is 5.94. The molecule has 75 heavy (non-hydrogen) atoms. The number of carboxylic acids is 1. The Morgan fingerprint density at radius 3 is 1.25 bits per heavy atom. The molecule has 1 rings (SSSR count). The van der Waals surface area contributed by atoms with Crippen LogP contribution in [0.5, 0.6) is 0 Å². The van der Waals surface area contributed by atoms with Crippen LogP contribution in [0, 0.1) is 0 Å². The number of carbonyl (C=O) groups excluding carboxylic acids is 3. The number of aliphatic hydroxyl groups excluding tert-OH is 2. The summed E-state index contributed by atoms with van der Waals surface area (Å²) in [5, 5.41) is 31.5. The van der Waals surface area contributed by atoms with Gasteiger partial charge in [-0.3, -0.25) is 14.4 Å². The van der Waals surface area contributed by atoms with E-state index in [1.807, 2.05) is 0 Å². The highest BCUT2D eigenvalue weighted by Crippen LogP contribution is 2.26. The molecule has 0 spiro atoms. The van der Waals surface area contributed by atoms with Crippen molar-refractivity contribution in [3.8, 4) is 0 Å². The zero-order chi connectivity index (χ0) is 54.7. The van der Waals surface area contributed by atoms with Crippen molar-refractivity contribution >= 4 is 23.9 Å². The van der Waals surface area contributed by atoms with Crippen molar-refractivity contribution in [3.05, 3.63) is 48.6 Å². The minimum Gasteiger partial charge on any atom is -0.479 e. The van der Waals surface area contributed by atoms with Gasteiger partial charge in [-0.2, -0.15) is 0 Å². The van der Waals surface area contributed by atoms with Crippen molar-refractivity contribution in [1.29, 1.82) is 0 Å². The van der Waals surface area contributed by atoms with Crippen molar-refractivity contribution in [2.24, 2.45) is 0 Å². The fourth-order valence-electron chi connectivity index (χ4n) is 9.09. The minimum absolute atomic E-state index is 0.0498. The van der Waals surface area contributed by atoms with E-state index in [1.165, 1.54) is 103 Å². The van der Waals surface area contributed by atoms with Crippen LogP contribution < -0.4 is 0 Å².